The summed E-state index contributed by atoms with van der Waals surface area (Å²) in [6, 6.07) is 14.3. The highest BCUT2D eigenvalue weighted by Crippen LogP contribution is 2.26. The molecule has 0 aliphatic rings. The number of aromatic nitrogens is 2. The van der Waals surface area contributed by atoms with Gasteiger partial charge in [-0.1, -0.05) is 71.6 Å². The summed E-state index contributed by atoms with van der Waals surface area (Å²) in [7, 11) is 0. The lowest BCUT2D eigenvalue weighted by Gasteiger charge is -2.16. The third-order valence-electron chi connectivity index (χ3n) is 3.80. The van der Waals surface area contributed by atoms with Crippen LogP contribution in [0.5, 0.6) is 0 Å². The van der Waals surface area contributed by atoms with E-state index in [2.05, 4.69) is 51.7 Å². The van der Waals surface area contributed by atoms with E-state index in [0.717, 1.165) is 20.4 Å². The fourth-order valence-corrected chi connectivity index (χ4v) is 4.19. The Balaban J connectivity index is 1.57. The van der Waals surface area contributed by atoms with Crippen LogP contribution in [-0.4, -0.2) is 28.4 Å². The molecule has 1 amide bonds. The van der Waals surface area contributed by atoms with Gasteiger partial charge >= 0.3 is 0 Å². The van der Waals surface area contributed by atoms with E-state index >= 15 is 0 Å². The average Bonchev–Trinajstić information content (AvgIpc) is 3.12. The van der Waals surface area contributed by atoms with Gasteiger partial charge in [0.15, 0.2) is 4.34 Å². The van der Waals surface area contributed by atoms with Gasteiger partial charge < -0.3 is 10.6 Å². The summed E-state index contributed by atoms with van der Waals surface area (Å²) in [6.45, 7) is 6.30. The molecule has 2 N–H and O–H groups in total. The van der Waals surface area contributed by atoms with Crippen LogP contribution in [0.15, 0.2) is 59.5 Å². The molecule has 0 aliphatic carbocycles. The minimum Gasteiger partial charge on any atom is -0.357 e. The van der Waals surface area contributed by atoms with Crippen molar-refractivity contribution in [2.24, 2.45) is 0 Å². The molecule has 0 bridgehead atoms. The lowest BCUT2D eigenvalue weighted by molar-refractivity contribution is -0.119. The molecule has 0 saturated heterocycles. The van der Waals surface area contributed by atoms with E-state index in [1.54, 1.807) is 6.08 Å². The molecule has 0 fully saturated rings. The summed E-state index contributed by atoms with van der Waals surface area (Å²) in [6.07, 6.45) is 1.76. The summed E-state index contributed by atoms with van der Waals surface area (Å²) in [5, 5.41) is 17.3. The molecule has 3 rings (SSSR count). The normalized spacial score (nSPS) is 11.9. The van der Waals surface area contributed by atoms with E-state index in [9.17, 15) is 4.79 Å². The van der Waals surface area contributed by atoms with Gasteiger partial charge in [-0.3, -0.25) is 4.79 Å². The number of nitrogens with zero attached hydrogens (tertiary/aromatic N) is 2. The average molecular weight is 385 g/mol. The zero-order valence-electron chi connectivity index (χ0n) is 14.4. The fraction of sp³-hybridized carbons (Fsp3) is 0.211. The van der Waals surface area contributed by atoms with E-state index in [4.69, 9.17) is 0 Å². The Hall–Kier alpha value is -2.38. The standard InChI is InChI=1S/C19H20N4OS2/c1-3-11-20-18-22-23-19(26-18)25-12-17(24)21-13(2)15-10-6-8-14-7-4-5-9-16(14)15/h3-10,13H,1,11-12H2,2H3,(H,20,22)(H,21,24)/t13-/m1/s1. The van der Waals surface area contributed by atoms with Crippen LogP contribution in [0, 0.1) is 0 Å². The predicted molar refractivity (Wildman–Crippen MR) is 110 cm³/mol. The quantitative estimate of drug-likeness (QED) is 0.449. The monoisotopic (exact) mass is 384 g/mol. The minimum atomic E-state index is -0.0616. The maximum atomic E-state index is 12.3. The first kappa shape index (κ1) is 18.4. The highest BCUT2D eigenvalue weighted by Gasteiger charge is 2.13. The number of carbonyl (C=O) groups is 1. The summed E-state index contributed by atoms with van der Waals surface area (Å²) < 4.78 is 0.768. The summed E-state index contributed by atoms with van der Waals surface area (Å²) in [4.78, 5) is 12.3. The van der Waals surface area contributed by atoms with Gasteiger partial charge in [-0.25, -0.2) is 0 Å². The maximum Gasteiger partial charge on any atom is 0.230 e. The summed E-state index contributed by atoms with van der Waals surface area (Å²) >= 11 is 2.82. The molecule has 1 aromatic heterocycles. The number of nitrogens with one attached hydrogen (secondary N) is 2. The van der Waals surface area contributed by atoms with E-state index in [1.807, 2.05) is 25.1 Å². The summed E-state index contributed by atoms with van der Waals surface area (Å²) in [5.74, 6) is 0.289. The Labute approximate surface area is 160 Å². The Morgan fingerprint density at radius 1 is 1.27 bits per heavy atom. The zero-order valence-corrected chi connectivity index (χ0v) is 16.1. The molecule has 26 heavy (non-hydrogen) atoms. The van der Waals surface area contributed by atoms with Crippen molar-refractivity contribution in [2.45, 2.75) is 17.3 Å². The lowest BCUT2D eigenvalue weighted by atomic mass is 10.00. The van der Waals surface area contributed by atoms with Crippen molar-refractivity contribution in [3.8, 4) is 0 Å². The number of rotatable bonds is 8. The second-order valence-electron chi connectivity index (χ2n) is 5.69. The van der Waals surface area contributed by atoms with Gasteiger partial charge in [-0.2, -0.15) is 0 Å². The van der Waals surface area contributed by atoms with E-state index in [0.29, 0.717) is 12.3 Å². The second-order valence-corrected chi connectivity index (χ2v) is 7.89. The summed E-state index contributed by atoms with van der Waals surface area (Å²) in [5.41, 5.74) is 1.12. The molecule has 3 aromatic rings. The van der Waals surface area contributed by atoms with Crippen LogP contribution < -0.4 is 10.6 Å². The molecule has 1 atom stereocenters. The van der Waals surface area contributed by atoms with Gasteiger partial charge in [0.05, 0.1) is 11.8 Å². The topological polar surface area (TPSA) is 66.9 Å². The Bertz CT molecular complexity index is 904. The molecule has 7 heteroatoms. The van der Waals surface area contributed by atoms with Crippen LogP contribution in [0.1, 0.15) is 18.5 Å². The van der Waals surface area contributed by atoms with Crippen LogP contribution in [0.3, 0.4) is 0 Å². The van der Waals surface area contributed by atoms with Crippen LogP contribution in [0.25, 0.3) is 10.8 Å². The Morgan fingerprint density at radius 2 is 2.08 bits per heavy atom. The van der Waals surface area contributed by atoms with Gasteiger partial charge in [-0.15, -0.1) is 16.8 Å². The number of thioether (sulfide) groups is 1. The molecule has 0 radical (unpaired) electrons. The van der Waals surface area contributed by atoms with E-state index in [-0.39, 0.29) is 11.9 Å². The van der Waals surface area contributed by atoms with E-state index in [1.165, 1.54) is 28.5 Å². The van der Waals surface area contributed by atoms with Gasteiger partial charge in [-0.05, 0) is 23.3 Å². The zero-order chi connectivity index (χ0) is 18.4. The number of hydrogen-bond donors (Lipinski definition) is 2. The van der Waals surface area contributed by atoms with Crippen molar-refractivity contribution < 1.29 is 4.79 Å². The van der Waals surface area contributed by atoms with Crippen molar-refractivity contribution in [2.75, 3.05) is 17.6 Å². The molecule has 0 unspecified atom stereocenters. The number of hydrogen-bond acceptors (Lipinski definition) is 6. The lowest BCUT2D eigenvalue weighted by Crippen LogP contribution is -2.28. The van der Waals surface area contributed by atoms with Crippen molar-refractivity contribution in [3.63, 3.8) is 0 Å². The second kappa shape index (κ2) is 8.82. The number of amides is 1. The molecule has 0 saturated carbocycles. The number of fused-ring (bicyclic) bond motifs is 1. The van der Waals surface area contributed by atoms with Crippen LogP contribution in [0.2, 0.25) is 0 Å². The smallest absolute Gasteiger partial charge is 0.230 e. The third kappa shape index (κ3) is 4.62. The molecule has 0 aliphatic heterocycles. The molecule has 1 heterocycles. The van der Waals surface area contributed by atoms with Crippen molar-refractivity contribution in [1.82, 2.24) is 15.5 Å². The first-order valence-electron chi connectivity index (χ1n) is 8.25. The van der Waals surface area contributed by atoms with Gasteiger partial charge in [0, 0.05) is 6.54 Å². The number of benzene rings is 2. The SMILES string of the molecule is C=CCNc1nnc(SCC(=O)N[C@H](C)c2cccc3ccccc23)s1. The minimum absolute atomic E-state index is 0.0220. The van der Waals surface area contributed by atoms with E-state index < -0.39 is 0 Å². The number of carbonyl (C=O) groups excluding carboxylic acids is 1. The van der Waals surface area contributed by atoms with Gasteiger partial charge in [0.1, 0.15) is 0 Å². The van der Waals surface area contributed by atoms with Gasteiger partial charge in [0.25, 0.3) is 0 Å². The van der Waals surface area contributed by atoms with Crippen molar-refractivity contribution >= 4 is 44.9 Å². The van der Waals surface area contributed by atoms with Gasteiger partial charge in [0.2, 0.25) is 11.0 Å². The molecule has 0 spiro atoms. The highest BCUT2D eigenvalue weighted by molar-refractivity contribution is 8.01. The third-order valence-corrected chi connectivity index (χ3v) is 5.81. The number of anilines is 1. The van der Waals surface area contributed by atoms with Crippen LogP contribution in [0.4, 0.5) is 5.13 Å². The molecular weight excluding hydrogens is 364 g/mol. The largest absolute Gasteiger partial charge is 0.357 e. The first-order valence-corrected chi connectivity index (χ1v) is 10.1. The van der Waals surface area contributed by atoms with Crippen molar-refractivity contribution in [3.05, 3.63) is 60.7 Å². The molecule has 134 valence electrons. The Kier molecular flexibility index (Phi) is 6.25. The first-order chi connectivity index (χ1) is 12.7. The van der Waals surface area contributed by atoms with Crippen LogP contribution in [-0.2, 0) is 4.79 Å². The molecule has 5 nitrogen and oxygen atoms in total. The fourth-order valence-electron chi connectivity index (χ4n) is 2.62. The maximum absolute atomic E-state index is 12.3. The predicted octanol–water partition coefficient (Wildman–Crippen LogP) is 4.26. The Morgan fingerprint density at radius 3 is 2.92 bits per heavy atom. The highest BCUT2D eigenvalue weighted by atomic mass is 32.2. The molecule has 2 aromatic carbocycles. The van der Waals surface area contributed by atoms with Crippen molar-refractivity contribution in [1.29, 1.82) is 0 Å². The molecular formula is C19H20N4OS2. The van der Waals surface area contributed by atoms with Crippen LogP contribution >= 0.6 is 23.1 Å².